The lowest BCUT2D eigenvalue weighted by molar-refractivity contribution is -0.385. The molecule has 134 valence electrons. The van der Waals surface area contributed by atoms with Crippen molar-refractivity contribution in [3.8, 4) is 5.75 Å². The third-order valence-corrected chi connectivity index (χ3v) is 3.90. The van der Waals surface area contributed by atoms with E-state index in [-0.39, 0.29) is 48.8 Å². The first-order valence-electron chi connectivity index (χ1n) is 8.00. The summed E-state index contributed by atoms with van der Waals surface area (Å²) in [5.41, 5.74) is -0.0784. The number of nitrogens with zero attached hydrogens (tertiary/aromatic N) is 2. The minimum absolute atomic E-state index is 0. The molecule has 0 saturated carbocycles. The van der Waals surface area contributed by atoms with Crippen LogP contribution in [0.25, 0.3) is 0 Å². The first-order valence-corrected chi connectivity index (χ1v) is 8.00. The van der Waals surface area contributed by atoms with Crippen LogP contribution < -0.4 is 10.1 Å². The molecule has 8 heteroatoms. The monoisotopic (exact) mass is 357 g/mol. The Morgan fingerprint density at radius 2 is 2.21 bits per heavy atom. The molecular weight excluding hydrogens is 334 g/mol. The summed E-state index contributed by atoms with van der Waals surface area (Å²) in [6, 6.07) is 6.45. The molecule has 1 aliphatic heterocycles. The molecule has 1 heterocycles. The highest BCUT2D eigenvalue weighted by atomic mass is 35.5. The van der Waals surface area contributed by atoms with Crippen molar-refractivity contribution in [2.75, 3.05) is 26.2 Å². The standard InChI is InChI=1S/C16H23N3O4.ClH/c1-2-10-18(13-7-9-17-12-13)16(20)8-11-23-15-6-4-3-5-14(15)19(21)22;/h3-6,13,17H,2,7-12H2,1H3;1H. The summed E-state index contributed by atoms with van der Waals surface area (Å²) in [6.45, 7) is 4.69. The van der Waals surface area contributed by atoms with Crippen LogP contribution in [-0.4, -0.2) is 48.0 Å². The van der Waals surface area contributed by atoms with Crippen molar-refractivity contribution in [2.45, 2.75) is 32.2 Å². The summed E-state index contributed by atoms with van der Waals surface area (Å²) < 4.78 is 5.46. The molecule has 1 aromatic carbocycles. The fourth-order valence-corrected chi connectivity index (χ4v) is 2.78. The average molecular weight is 358 g/mol. The Morgan fingerprint density at radius 3 is 2.83 bits per heavy atom. The van der Waals surface area contributed by atoms with Gasteiger partial charge >= 0.3 is 5.69 Å². The molecule has 0 bridgehead atoms. The van der Waals surface area contributed by atoms with Gasteiger partial charge in [-0.25, -0.2) is 0 Å². The van der Waals surface area contributed by atoms with Gasteiger partial charge in [0.25, 0.3) is 0 Å². The van der Waals surface area contributed by atoms with Crippen LogP contribution >= 0.6 is 12.4 Å². The molecule has 1 aliphatic rings. The second-order valence-corrected chi connectivity index (χ2v) is 5.56. The van der Waals surface area contributed by atoms with E-state index in [1.807, 2.05) is 11.8 Å². The van der Waals surface area contributed by atoms with Gasteiger partial charge in [-0.15, -0.1) is 12.4 Å². The molecule has 1 saturated heterocycles. The van der Waals surface area contributed by atoms with E-state index in [4.69, 9.17) is 4.74 Å². The number of nitro groups is 1. The van der Waals surface area contributed by atoms with Crippen LogP contribution in [0.2, 0.25) is 0 Å². The molecule has 0 radical (unpaired) electrons. The van der Waals surface area contributed by atoms with Crippen molar-refractivity contribution in [2.24, 2.45) is 0 Å². The van der Waals surface area contributed by atoms with E-state index in [9.17, 15) is 14.9 Å². The fraction of sp³-hybridized carbons (Fsp3) is 0.562. The van der Waals surface area contributed by atoms with E-state index in [2.05, 4.69) is 5.32 Å². The topological polar surface area (TPSA) is 84.7 Å². The second kappa shape index (κ2) is 10.1. The van der Waals surface area contributed by atoms with E-state index in [1.54, 1.807) is 18.2 Å². The zero-order chi connectivity index (χ0) is 16.7. The van der Waals surface area contributed by atoms with Gasteiger partial charge in [-0.3, -0.25) is 14.9 Å². The van der Waals surface area contributed by atoms with Crippen LogP contribution in [0.1, 0.15) is 26.2 Å². The van der Waals surface area contributed by atoms with Crippen LogP contribution in [-0.2, 0) is 4.79 Å². The largest absolute Gasteiger partial charge is 0.486 e. The third-order valence-electron chi connectivity index (χ3n) is 3.90. The Labute approximate surface area is 147 Å². The number of nitrogens with one attached hydrogen (secondary N) is 1. The highest BCUT2D eigenvalue weighted by Gasteiger charge is 2.25. The van der Waals surface area contributed by atoms with Gasteiger partial charge in [0.2, 0.25) is 5.91 Å². The summed E-state index contributed by atoms with van der Waals surface area (Å²) >= 11 is 0. The minimum Gasteiger partial charge on any atom is -0.486 e. The smallest absolute Gasteiger partial charge is 0.310 e. The molecule has 0 aliphatic carbocycles. The number of hydrogen-bond acceptors (Lipinski definition) is 5. The lowest BCUT2D eigenvalue weighted by Gasteiger charge is -2.28. The molecular formula is C16H24ClN3O4. The summed E-state index contributed by atoms with van der Waals surface area (Å²) in [4.78, 5) is 24.8. The molecule has 1 atom stereocenters. The first-order chi connectivity index (χ1) is 11.1. The SMILES string of the molecule is CCCN(C(=O)CCOc1ccccc1[N+](=O)[O-])C1CCNC1.Cl. The van der Waals surface area contributed by atoms with Crippen molar-refractivity contribution >= 4 is 24.0 Å². The molecule has 2 rings (SSSR count). The molecule has 0 spiro atoms. The summed E-state index contributed by atoms with van der Waals surface area (Å²) in [7, 11) is 0. The predicted molar refractivity (Wildman–Crippen MR) is 93.7 cm³/mol. The zero-order valence-corrected chi connectivity index (χ0v) is 14.6. The number of carbonyl (C=O) groups excluding carboxylic acids is 1. The summed E-state index contributed by atoms with van der Waals surface area (Å²) in [5.74, 6) is 0.244. The minimum atomic E-state index is -0.481. The molecule has 1 fully saturated rings. The van der Waals surface area contributed by atoms with E-state index >= 15 is 0 Å². The lowest BCUT2D eigenvalue weighted by Crippen LogP contribution is -2.42. The number of hydrogen-bond donors (Lipinski definition) is 1. The number of halogens is 1. The van der Waals surface area contributed by atoms with Crippen LogP contribution in [0.5, 0.6) is 5.75 Å². The number of ether oxygens (including phenoxy) is 1. The number of benzene rings is 1. The van der Waals surface area contributed by atoms with Crippen molar-refractivity contribution < 1.29 is 14.5 Å². The maximum atomic E-state index is 12.4. The number of carbonyl (C=O) groups is 1. The Kier molecular flexibility index (Phi) is 8.49. The number of amides is 1. The molecule has 0 aromatic heterocycles. The van der Waals surface area contributed by atoms with Crippen LogP contribution in [0.4, 0.5) is 5.69 Å². The Hall–Kier alpha value is -1.86. The molecule has 1 N–H and O–H groups in total. The van der Waals surface area contributed by atoms with Gasteiger partial charge in [0, 0.05) is 25.2 Å². The van der Waals surface area contributed by atoms with E-state index < -0.39 is 4.92 Å². The number of rotatable bonds is 8. The molecule has 1 unspecified atom stereocenters. The number of para-hydroxylation sites is 2. The van der Waals surface area contributed by atoms with Gasteiger partial charge in [-0.2, -0.15) is 0 Å². The van der Waals surface area contributed by atoms with Crippen LogP contribution in [0.3, 0.4) is 0 Å². The fourth-order valence-electron chi connectivity index (χ4n) is 2.78. The third kappa shape index (κ3) is 5.35. The van der Waals surface area contributed by atoms with E-state index in [1.165, 1.54) is 6.07 Å². The quantitative estimate of drug-likeness (QED) is 0.570. The predicted octanol–water partition coefficient (Wildman–Crippen LogP) is 2.39. The van der Waals surface area contributed by atoms with Gasteiger partial charge in [0.1, 0.15) is 0 Å². The summed E-state index contributed by atoms with van der Waals surface area (Å²) in [5, 5.41) is 14.2. The first kappa shape index (κ1) is 20.2. The maximum absolute atomic E-state index is 12.4. The van der Waals surface area contributed by atoms with Gasteiger partial charge in [-0.1, -0.05) is 19.1 Å². The maximum Gasteiger partial charge on any atom is 0.310 e. The lowest BCUT2D eigenvalue weighted by atomic mass is 10.2. The van der Waals surface area contributed by atoms with Crippen molar-refractivity contribution in [3.63, 3.8) is 0 Å². The second-order valence-electron chi connectivity index (χ2n) is 5.56. The van der Waals surface area contributed by atoms with Crippen LogP contribution in [0, 0.1) is 10.1 Å². The van der Waals surface area contributed by atoms with Gasteiger partial charge < -0.3 is 15.0 Å². The van der Waals surface area contributed by atoms with Gasteiger partial charge in [0.05, 0.1) is 18.0 Å². The molecule has 24 heavy (non-hydrogen) atoms. The molecule has 1 amide bonds. The molecule has 7 nitrogen and oxygen atoms in total. The van der Waals surface area contributed by atoms with Crippen molar-refractivity contribution in [3.05, 3.63) is 34.4 Å². The highest BCUT2D eigenvalue weighted by molar-refractivity contribution is 5.85. The zero-order valence-electron chi connectivity index (χ0n) is 13.8. The highest BCUT2D eigenvalue weighted by Crippen LogP contribution is 2.25. The van der Waals surface area contributed by atoms with Gasteiger partial charge in [0.15, 0.2) is 5.75 Å². The normalized spacial score (nSPS) is 16.3. The van der Waals surface area contributed by atoms with E-state index in [0.717, 1.165) is 32.5 Å². The molecule has 1 aromatic rings. The van der Waals surface area contributed by atoms with Crippen molar-refractivity contribution in [1.82, 2.24) is 10.2 Å². The van der Waals surface area contributed by atoms with Crippen LogP contribution in [0.15, 0.2) is 24.3 Å². The van der Waals surface area contributed by atoms with Crippen molar-refractivity contribution in [1.29, 1.82) is 0 Å². The summed E-state index contributed by atoms with van der Waals surface area (Å²) in [6.07, 6.45) is 2.10. The van der Waals surface area contributed by atoms with E-state index in [0.29, 0.717) is 0 Å². The van der Waals surface area contributed by atoms with Gasteiger partial charge in [-0.05, 0) is 25.5 Å². The Morgan fingerprint density at radius 1 is 1.46 bits per heavy atom. The average Bonchev–Trinajstić information content (AvgIpc) is 3.06. The Bertz CT molecular complexity index is 550. The number of nitro benzene ring substituents is 1. The Balaban J connectivity index is 0.00000288.